The molecule has 7 aliphatic rings. The van der Waals surface area contributed by atoms with Gasteiger partial charge in [-0.1, -0.05) is 58.1 Å². The number of esters is 1. The first-order valence-electron chi connectivity index (χ1n) is 22.1. The van der Waals surface area contributed by atoms with Crippen LogP contribution in [0.2, 0.25) is 0 Å². The van der Waals surface area contributed by atoms with Gasteiger partial charge in [-0.3, -0.25) is 4.79 Å². The molecule has 15 heteroatoms. The number of carbonyl (C=O) groups is 1. The molecule has 0 amide bonds. The van der Waals surface area contributed by atoms with Crippen LogP contribution >= 0.6 is 0 Å². The van der Waals surface area contributed by atoms with E-state index in [1.54, 1.807) is 40.2 Å². The maximum Gasteiger partial charge on any atom is 0.316 e. The van der Waals surface area contributed by atoms with Gasteiger partial charge in [0, 0.05) is 45.8 Å². The van der Waals surface area contributed by atoms with Crippen molar-refractivity contribution in [3.8, 4) is 0 Å². The van der Waals surface area contributed by atoms with Crippen molar-refractivity contribution < 1.29 is 72.2 Å². The van der Waals surface area contributed by atoms with Crippen LogP contribution in [-0.4, -0.2) is 153 Å². The second kappa shape index (κ2) is 18.8. The van der Waals surface area contributed by atoms with Crippen molar-refractivity contribution in [2.45, 2.75) is 185 Å². The van der Waals surface area contributed by atoms with Crippen LogP contribution in [0.5, 0.6) is 0 Å². The van der Waals surface area contributed by atoms with E-state index in [1.807, 2.05) is 26.0 Å². The number of carbonyl (C=O) groups excluding carboxylic acids is 1. The normalized spacial score (nSPS) is 48.5. The van der Waals surface area contributed by atoms with Crippen LogP contribution < -0.4 is 0 Å². The first kappa shape index (κ1) is 46.9. The number of ether oxygens (including phenoxy) is 11. The molecule has 5 fully saturated rings. The second-order valence-electron chi connectivity index (χ2n) is 19.4. The minimum absolute atomic E-state index is 0.0233. The molecule has 0 radical (unpaired) electrons. The van der Waals surface area contributed by atoms with Gasteiger partial charge in [0.15, 0.2) is 18.4 Å². The lowest BCUT2D eigenvalue weighted by Crippen LogP contribution is -2.60. The Morgan fingerprint density at radius 2 is 1.59 bits per heavy atom. The Balaban J connectivity index is 1.17. The summed E-state index contributed by atoms with van der Waals surface area (Å²) in [5.74, 6) is -3.09. The first-order valence-corrected chi connectivity index (χ1v) is 22.1. The van der Waals surface area contributed by atoms with Crippen molar-refractivity contribution in [2.24, 2.45) is 17.3 Å². The van der Waals surface area contributed by atoms with Gasteiger partial charge in [-0.25, -0.2) is 0 Å². The largest absolute Gasteiger partial charge is 0.462 e. The molecule has 0 saturated carbocycles. The maximum absolute atomic E-state index is 14.3. The molecule has 0 aromatic carbocycles. The van der Waals surface area contributed by atoms with Crippen LogP contribution in [0.4, 0.5) is 0 Å². The molecule has 1 spiro atoms. The van der Waals surface area contributed by atoms with Crippen LogP contribution in [0.25, 0.3) is 0 Å². The summed E-state index contributed by atoms with van der Waals surface area (Å²) in [6, 6.07) is 0. The number of methoxy groups -OCH3 is 2. The smallest absolute Gasteiger partial charge is 0.316 e. The zero-order valence-electron chi connectivity index (χ0n) is 37.5. The van der Waals surface area contributed by atoms with Crippen LogP contribution in [0.15, 0.2) is 47.1 Å². The summed E-state index contributed by atoms with van der Waals surface area (Å²) in [5, 5.41) is 34.2. The molecular weight excluding hydrogens is 792 g/mol. The Bertz CT molecular complexity index is 1670. The van der Waals surface area contributed by atoms with Gasteiger partial charge < -0.3 is 67.4 Å². The minimum atomic E-state index is -1.85. The first-order chi connectivity index (χ1) is 28.8. The molecule has 1 aliphatic carbocycles. The highest BCUT2D eigenvalue weighted by molar-refractivity contribution is 5.78. The average molecular weight is 863 g/mol. The summed E-state index contributed by atoms with van der Waals surface area (Å²) in [6.07, 6.45) is 3.00. The molecule has 6 aliphatic heterocycles. The van der Waals surface area contributed by atoms with Crippen molar-refractivity contribution in [1.82, 2.24) is 0 Å². The fourth-order valence-electron chi connectivity index (χ4n) is 10.0. The van der Waals surface area contributed by atoms with Gasteiger partial charge in [0.25, 0.3) is 0 Å². The van der Waals surface area contributed by atoms with E-state index in [9.17, 15) is 20.1 Å². The molecule has 0 aromatic rings. The predicted octanol–water partition coefficient (Wildman–Crippen LogP) is 4.20. The molecule has 5 saturated heterocycles. The molecule has 18 atom stereocenters. The van der Waals surface area contributed by atoms with Crippen molar-refractivity contribution in [1.29, 1.82) is 0 Å². The van der Waals surface area contributed by atoms with E-state index >= 15 is 0 Å². The van der Waals surface area contributed by atoms with Gasteiger partial charge >= 0.3 is 5.97 Å². The molecule has 2 bridgehead atoms. The summed E-state index contributed by atoms with van der Waals surface area (Å²) in [4.78, 5) is 14.3. The molecule has 7 rings (SSSR count). The molecule has 0 unspecified atom stereocenters. The summed E-state index contributed by atoms with van der Waals surface area (Å²) < 4.78 is 69.4. The molecule has 15 nitrogen and oxygen atoms in total. The zero-order chi connectivity index (χ0) is 44.0. The van der Waals surface area contributed by atoms with E-state index in [4.69, 9.17) is 52.1 Å². The highest BCUT2D eigenvalue weighted by Crippen LogP contribution is 2.47. The number of aliphatic hydroxyl groups is 3. The van der Waals surface area contributed by atoms with Gasteiger partial charge in [-0.2, -0.15) is 0 Å². The number of rotatable bonds is 6. The third-order valence-electron chi connectivity index (χ3n) is 13.7. The molecular formula is C46H70O15. The fraction of sp³-hybridized carbons (Fsp3) is 0.804. The molecule has 3 N–H and O–H groups in total. The summed E-state index contributed by atoms with van der Waals surface area (Å²) >= 11 is 0. The standard InChI is InChI=1S/C46H70O15/c1-24-12-11-13-29-21-54-42-38(47)26(3)16-32(46(29,42)50)43(49)57-31-17-30(60-45(20-31)23-53-22-35(61-45)44(6,7)8)15-14-25(2)40(24)58-37-19-34(52-10)41(28(5)56-37)59-36-18-33(51-9)39(48)27(4)55-36/h11-14,16,24,27-28,30-42,47-48,50H,15,17-23H2,1-10H3/b12-11+,25-14+,29-13+/t24-,27-,28-,30+,31-,32-,33-,34-,35-,36-,37-,38+,39-,40-,41-,42+,45-,46+/m0/s1. The number of hydrogen-bond acceptors (Lipinski definition) is 15. The van der Waals surface area contributed by atoms with Gasteiger partial charge in [-0.05, 0) is 56.3 Å². The maximum atomic E-state index is 14.3. The molecule has 0 aromatic heterocycles. The summed E-state index contributed by atoms with van der Waals surface area (Å²) in [5.41, 5.74) is -0.157. The van der Waals surface area contributed by atoms with E-state index in [0.29, 0.717) is 43.4 Å². The summed E-state index contributed by atoms with van der Waals surface area (Å²) in [6.45, 7) is 16.4. The van der Waals surface area contributed by atoms with E-state index in [0.717, 1.165) is 5.57 Å². The molecule has 61 heavy (non-hydrogen) atoms. The van der Waals surface area contributed by atoms with Crippen molar-refractivity contribution in [3.63, 3.8) is 0 Å². The summed E-state index contributed by atoms with van der Waals surface area (Å²) in [7, 11) is 3.21. The van der Waals surface area contributed by atoms with Crippen molar-refractivity contribution in [2.75, 3.05) is 34.0 Å². The Morgan fingerprint density at radius 1 is 0.885 bits per heavy atom. The SMILES string of the molecule is CO[C@H]1C[C@H](O[C@H]2[C@H](C)O[C@@H](O[C@@H]3/C(C)=C/C[C@@H]4C[C@@H](C[C@]5(COC[C@@H](C(C)(C)C)O5)O4)OC(=O)[C@@H]4C=C(C)[C@@H](O)[C@H]5OC/C(=C\C=C\[C@@H]3C)[C@]54O)C[C@@H]2OC)O[C@@H](C)[C@@H]1O. The van der Waals surface area contributed by atoms with Crippen molar-refractivity contribution in [3.05, 3.63) is 47.1 Å². The lowest BCUT2D eigenvalue weighted by atomic mass is 9.71. The van der Waals surface area contributed by atoms with E-state index < -0.39 is 96.9 Å². The minimum Gasteiger partial charge on any atom is -0.462 e. The van der Waals surface area contributed by atoms with Crippen LogP contribution in [0.3, 0.4) is 0 Å². The lowest BCUT2D eigenvalue weighted by molar-refractivity contribution is -0.365. The fourth-order valence-corrected chi connectivity index (χ4v) is 10.0. The third-order valence-corrected chi connectivity index (χ3v) is 13.7. The van der Waals surface area contributed by atoms with Crippen LogP contribution in [-0.2, 0) is 56.9 Å². The van der Waals surface area contributed by atoms with E-state index in [1.165, 1.54) is 0 Å². The van der Waals surface area contributed by atoms with Crippen LogP contribution in [0, 0.1) is 17.3 Å². The highest BCUT2D eigenvalue weighted by atomic mass is 16.8. The number of allylic oxidation sites excluding steroid dienone is 2. The lowest BCUT2D eigenvalue weighted by Gasteiger charge is -2.50. The van der Waals surface area contributed by atoms with E-state index in [2.05, 4.69) is 33.8 Å². The topological polar surface area (TPSA) is 179 Å². The number of hydrogen-bond donors (Lipinski definition) is 3. The Labute approximate surface area is 360 Å². The monoisotopic (exact) mass is 862 g/mol. The number of aliphatic hydroxyl groups excluding tert-OH is 2. The number of fused-ring (bicyclic) bond motifs is 2. The van der Waals surface area contributed by atoms with Crippen molar-refractivity contribution >= 4 is 5.97 Å². The Morgan fingerprint density at radius 3 is 2.31 bits per heavy atom. The van der Waals surface area contributed by atoms with Gasteiger partial charge in [0.2, 0.25) is 0 Å². The third kappa shape index (κ3) is 9.80. The van der Waals surface area contributed by atoms with Gasteiger partial charge in [0.1, 0.15) is 48.6 Å². The van der Waals surface area contributed by atoms with Gasteiger partial charge in [-0.15, -0.1) is 0 Å². The van der Waals surface area contributed by atoms with E-state index in [-0.39, 0.29) is 43.2 Å². The second-order valence-corrected chi connectivity index (χ2v) is 19.4. The molecule has 6 heterocycles. The molecule has 344 valence electrons. The average Bonchev–Trinajstić information content (AvgIpc) is 3.55. The predicted molar refractivity (Wildman–Crippen MR) is 220 cm³/mol. The van der Waals surface area contributed by atoms with Gasteiger partial charge in [0.05, 0.1) is 55.9 Å². The zero-order valence-corrected chi connectivity index (χ0v) is 37.5. The Hall–Kier alpha value is -2.09. The van der Waals surface area contributed by atoms with Crippen LogP contribution in [0.1, 0.15) is 87.5 Å². The Kier molecular flexibility index (Phi) is 14.4. The highest BCUT2D eigenvalue weighted by Gasteiger charge is 2.60. The quantitative estimate of drug-likeness (QED) is 0.256.